The third kappa shape index (κ3) is 4.08. The molecule has 0 aromatic heterocycles. The molecule has 0 saturated heterocycles. The summed E-state index contributed by atoms with van der Waals surface area (Å²) in [4.78, 5) is 0. The summed E-state index contributed by atoms with van der Waals surface area (Å²) in [6.07, 6.45) is -0.389. The lowest BCUT2D eigenvalue weighted by atomic mass is 10.2. The van der Waals surface area contributed by atoms with Crippen molar-refractivity contribution in [2.45, 2.75) is 19.6 Å². The van der Waals surface area contributed by atoms with Gasteiger partial charge in [-0.2, -0.15) is 0 Å². The summed E-state index contributed by atoms with van der Waals surface area (Å²) in [5.41, 5.74) is 1.86. The van der Waals surface area contributed by atoms with Gasteiger partial charge < -0.3 is 15.2 Å². The van der Waals surface area contributed by atoms with Crippen molar-refractivity contribution in [2.75, 3.05) is 19.0 Å². The van der Waals surface area contributed by atoms with Crippen molar-refractivity contribution in [1.29, 1.82) is 0 Å². The first kappa shape index (κ1) is 12.3. The summed E-state index contributed by atoms with van der Waals surface area (Å²) in [5, 5.41) is 12.8. The van der Waals surface area contributed by atoms with Gasteiger partial charge in [0, 0.05) is 13.7 Å². The number of aliphatic hydroxyl groups is 1. The molecule has 0 aliphatic heterocycles. The summed E-state index contributed by atoms with van der Waals surface area (Å²) in [6.45, 7) is 2.76. The first-order chi connectivity index (χ1) is 7.13. The number of ether oxygens (including phenoxy) is 1. The Morgan fingerprint density at radius 2 is 2.27 bits per heavy atom. The van der Waals surface area contributed by atoms with Crippen molar-refractivity contribution in [3.8, 4) is 0 Å². The molecule has 0 aliphatic carbocycles. The Kier molecular flexibility index (Phi) is 4.88. The quantitative estimate of drug-likeness (QED) is 0.814. The number of hydrogen-bond donors (Lipinski definition) is 2. The van der Waals surface area contributed by atoms with Crippen LogP contribution in [-0.4, -0.2) is 24.9 Å². The van der Waals surface area contributed by atoms with Crippen molar-refractivity contribution in [3.63, 3.8) is 0 Å². The highest BCUT2D eigenvalue weighted by molar-refractivity contribution is 6.33. The van der Waals surface area contributed by atoms with Crippen molar-refractivity contribution < 1.29 is 9.84 Å². The minimum Gasteiger partial charge on any atom is -0.392 e. The van der Waals surface area contributed by atoms with Gasteiger partial charge in [-0.3, -0.25) is 0 Å². The second-order valence-electron chi connectivity index (χ2n) is 3.48. The van der Waals surface area contributed by atoms with Crippen LogP contribution in [0.2, 0.25) is 5.02 Å². The molecule has 0 spiro atoms. The second-order valence-corrected chi connectivity index (χ2v) is 3.88. The number of aliphatic hydroxyl groups excluding tert-OH is 1. The highest BCUT2D eigenvalue weighted by Crippen LogP contribution is 2.23. The Balaban J connectivity index is 2.66. The molecular weight excluding hydrogens is 214 g/mol. The summed E-state index contributed by atoms with van der Waals surface area (Å²) in [7, 11) is 1.65. The standard InChI is InChI=1S/C11H16ClNO2/c1-8(14)6-13-11-4-3-9(7-15-2)5-10(11)12/h3-5,8,13-14H,6-7H2,1-2H3/t8-/m1/s1. The summed E-state index contributed by atoms with van der Waals surface area (Å²) in [5.74, 6) is 0. The molecule has 3 nitrogen and oxygen atoms in total. The molecule has 0 unspecified atom stereocenters. The van der Waals surface area contributed by atoms with E-state index in [0.717, 1.165) is 11.3 Å². The van der Waals surface area contributed by atoms with Crippen LogP contribution in [0, 0.1) is 0 Å². The number of methoxy groups -OCH3 is 1. The van der Waals surface area contributed by atoms with Crippen LogP contribution in [-0.2, 0) is 11.3 Å². The van der Waals surface area contributed by atoms with Gasteiger partial charge in [0.1, 0.15) is 0 Å². The van der Waals surface area contributed by atoms with E-state index in [1.807, 2.05) is 18.2 Å². The van der Waals surface area contributed by atoms with E-state index < -0.39 is 0 Å². The lowest BCUT2D eigenvalue weighted by Crippen LogP contribution is -2.15. The van der Waals surface area contributed by atoms with E-state index in [9.17, 15) is 0 Å². The average Bonchev–Trinajstić information content (AvgIpc) is 2.17. The number of anilines is 1. The molecule has 15 heavy (non-hydrogen) atoms. The molecule has 2 N–H and O–H groups in total. The molecule has 1 atom stereocenters. The van der Waals surface area contributed by atoms with Crippen LogP contribution in [0.4, 0.5) is 5.69 Å². The Morgan fingerprint density at radius 3 is 2.80 bits per heavy atom. The Morgan fingerprint density at radius 1 is 1.53 bits per heavy atom. The first-order valence-corrected chi connectivity index (χ1v) is 5.20. The molecule has 1 aromatic carbocycles. The fourth-order valence-electron chi connectivity index (χ4n) is 1.22. The van der Waals surface area contributed by atoms with E-state index in [1.165, 1.54) is 0 Å². The lowest BCUT2D eigenvalue weighted by Gasteiger charge is -2.11. The molecule has 1 aromatic rings. The highest BCUT2D eigenvalue weighted by Gasteiger charge is 2.02. The molecule has 0 radical (unpaired) electrons. The van der Waals surface area contributed by atoms with E-state index in [-0.39, 0.29) is 6.10 Å². The maximum absolute atomic E-state index is 9.12. The molecule has 0 amide bonds. The molecule has 84 valence electrons. The van der Waals surface area contributed by atoms with Crippen LogP contribution in [0.5, 0.6) is 0 Å². The van der Waals surface area contributed by atoms with Crippen molar-refractivity contribution >= 4 is 17.3 Å². The molecular formula is C11H16ClNO2. The second kappa shape index (κ2) is 5.95. The van der Waals surface area contributed by atoms with Gasteiger partial charge >= 0.3 is 0 Å². The topological polar surface area (TPSA) is 41.5 Å². The molecule has 0 aliphatic rings. The van der Waals surface area contributed by atoms with Crippen LogP contribution in [0.1, 0.15) is 12.5 Å². The van der Waals surface area contributed by atoms with Crippen molar-refractivity contribution in [1.82, 2.24) is 0 Å². The van der Waals surface area contributed by atoms with Crippen LogP contribution in [0.3, 0.4) is 0 Å². The van der Waals surface area contributed by atoms with Crippen LogP contribution in [0.25, 0.3) is 0 Å². The van der Waals surface area contributed by atoms with Gasteiger partial charge in [0.25, 0.3) is 0 Å². The van der Waals surface area contributed by atoms with Crippen LogP contribution >= 0.6 is 11.6 Å². The predicted octanol–water partition coefficient (Wildman–Crippen LogP) is 2.28. The SMILES string of the molecule is COCc1ccc(NC[C@@H](C)O)c(Cl)c1. The van der Waals surface area contributed by atoms with E-state index in [1.54, 1.807) is 14.0 Å². The first-order valence-electron chi connectivity index (χ1n) is 4.82. The Bertz CT molecular complexity index is 315. The van der Waals surface area contributed by atoms with Gasteiger partial charge in [-0.05, 0) is 24.6 Å². The van der Waals surface area contributed by atoms with Gasteiger partial charge in [-0.15, -0.1) is 0 Å². The van der Waals surface area contributed by atoms with Gasteiger partial charge in [-0.25, -0.2) is 0 Å². The minimum absolute atomic E-state index is 0.389. The van der Waals surface area contributed by atoms with Gasteiger partial charge in [0.2, 0.25) is 0 Å². The highest BCUT2D eigenvalue weighted by atomic mass is 35.5. The fraction of sp³-hybridized carbons (Fsp3) is 0.455. The number of rotatable bonds is 5. The van der Waals surface area contributed by atoms with Crippen LogP contribution < -0.4 is 5.32 Å². The molecule has 0 fully saturated rings. The summed E-state index contributed by atoms with van der Waals surface area (Å²) < 4.78 is 5.00. The molecule has 0 saturated carbocycles. The smallest absolute Gasteiger partial charge is 0.0713 e. The van der Waals surface area contributed by atoms with Gasteiger partial charge in [0.15, 0.2) is 0 Å². The van der Waals surface area contributed by atoms with Crippen molar-refractivity contribution in [2.24, 2.45) is 0 Å². The van der Waals surface area contributed by atoms with Crippen molar-refractivity contribution in [3.05, 3.63) is 28.8 Å². The Hall–Kier alpha value is -0.770. The zero-order chi connectivity index (χ0) is 11.3. The van der Waals surface area contributed by atoms with E-state index >= 15 is 0 Å². The molecule has 0 bridgehead atoms. The molecule has 1 rings (SSSR count). The maximum Gasteiger partial charge on any atom is 0.0713 e. The fourth-order valence-corrected chi connectivity index (χ4v) is 1.49. The molecule has 4 heteroatoms. The van der Waals surface area contributed by atoms with Gasteiger partial charge in [-0.1, -0.05) is 17.7 Å². The maximum atomic E-state index is 9.12. The zero-order valence-electron chi connectivity index (χ0n) is 8.96. The average molecular weight is 230 g/mol. The van der Waals surface area contributed by atoms with E-state index in [4.69, 9.17) is 21.4 Å². The molecule has 0 heterocycles. The summed E-state index contributed by atoms with van der Waals surface area (Å²) in [6, 6.07) is 5.69. The van der Waals surface area contributed by atoms with E-state index in [0.29, 0.717) is 18.2 Å². The number of nitrogens with one attached hydrogen (secondary N) is 1. The normalized spacial score (nSPS) is 12.5. The Labute approximate surface area is 95.0 Å². The lowest BCUT2D eigenvalue weighted by molar-refractivity contribution is 0.185. The third-order valence-electron chi connectivity index (χ3n) is 1.93. The third-order valence-corrected chi connectivity index (χ3v) is 2.25. The summed E-state index contributed by atoms with van der Waals surface area (Å²) >= 11 is 6.05. The largest absolute Gasteiger partial charge is 0.392 e. The monoisotopic (exact) mass is 229 g/mol. The van der Waals surface area contributed by atoms with Crippen LogP contribution in [0.15, 0.2) is 18.2 Å². The number of hydrogen-bond acceptors (Lipinski definition) is 3. The predicted molar refractivity (Wildman–Crippen MR) is 62.3 cm³/mol. The number of benzene rings is 1. The van der Waals surface area contributed by atoms with E-state index in [2.05, 4.69) is 5.32 Å². The van der Waals surface area contributed by atoms with Gasteiger partial charge in [0.05, 0.1) is 23.4 Å². The zero-order valence-corrected chi connectivity index (χ0v) is 9.71. The minimum atomic E-state index is -0.389. The number of halogens is 1.